The Hall–Kier alpha value is -1.72. The van der Waals surface area contributed by atoms with Gasteiger partial charge in [0.25, 0.3) is 0 Å². The van der Waals surface area contributed by atoms with Crippen molar-refractivity contribution in [1.82, 2.24) is 0 Å². The Morgan fingerprint density at radius 2 is 0.351 bits per heavy atom. The van der Waals surface area contributed by atoms with E-state index in [0.29, 0.717) is 0 Å². The van der Waals surface area contributed by atoms with E-state index in [9.17, 15) is 0 Å². The molecule has 0 bridgehead atoms. The van der Waals surface area contributed by atoms with E-state index in [4.69, 9.17) is 102 Å². The molecule has 37 heteroatoms. The Kier molecular flexibility index (Phi) is 89.2. The van der Waals surface area contributed by atoms with E-state index in [2.05, 4.69) is 32.0 Å². The first-order valence-corrected chi connectivity index (χ1v) is 14.1. The van der Waals surface area contributed by atoms with Crippen LogP contribution in [0, 0.1) is 0 Å². The largest absolute Gasteiger partial charge is 4.00 e. The molecule has 0 aromatic rings. The Labute approximate surface area is 236 Å². The summed E-state index contributed by atoms with van der Waals surface area (Å²) >= 11 is 0. The second-order valence-corrected chi connectivity index (χ2v) is 7.17. The molecular weight excluding hydrogens is 719 g/mol. The summed E-state index contributed by atoms with van der Waals surface area (Å²) in [4.78, 5) is 62.8. The Morgan fingerprint density at radius 3 is 0.351 bits per heavy atom. The van der Waals surface area contributed by atoms with Gasteiger partial charge in [0.15, 0.2) is 0 Å². The molecule has 0 saturated heterocycles. The average Bonchev–Trinajstić information content (AvgIpc) is 2.80. The van der Waals surface area contributed by atoms with Gasteiger partial charge in [0.2, 0.25) is 0 Å². The molecule has 0 atom stereocenters. The monoisotopic (exact) mass is 726 g/mol. The number of rotatable bonds is 7. The van der Waals surface area contributed by atoms with Crippen LogP contribution in [0.25, 0.3) is 0 Å². The van der Waals surface area contributed by atoms with Crippen molar-refractivity contribution in [3.63, 3.8) is 0 Å². The molecule has 0 aromatic carbocycles. The summed E-state index contributed by atoms with van der Waals surface area (Å²) in [5, 5.41) is 49.4. The molecule has 7 N–H and O–H groups in total. The van der Waals surface area contributed by atoms with Gasteiger partial charge < -0.3 is 96.8 Å². The maximum atomic E-state index is 8.97. The Morgan fingerprint density at radius 1 is 0.324 bits per heavy atom. The molecule has 37 heavy (non-hydrogen) atoms. The molecule has 0 fully saturated rings. The predicted molar refractivity (Wildman–Crippen MR) is 76.8 cm³/mol. The van der Waals surface area contributed by atoms with Crippen LogP contribution in [0.1, 0.15) is 0 Å². The summed E-state index contributed by atoms with van der Waals surface area (Å²) in [5.74, 6) is 0. The third-order valence-corrected chi connectivity index (χ3v) is 1.57. The maximum absolute atomic E-state index is 8.97. The van der Waals surface area contributed by atoms with Crippen molar-refractivity contribution in [3.05, 3.63) is 0 Å². The molecule has 28 nitrogen and oxygen atoms in total. The fraction of sp³-hybridized carbons (Fsp3) is 0. The third kappa shape index (κ3) is 237. The molecule has 0 radical (unpaired) electrons. The van der Waals surface area contributed by atoms with Crippen LogP contribution in [0.5, 0.6) is 0 Å². The van der Waals surface area contributed by atoms with Crippen molar-refractivity contribution in [1.29, 1.82) is 0 Å². The van der Waals surface area contributed by atoms with Gasteiger partial charge in [-0.1, -0.05) is 0 Å². The minimum absolute atomic E-state index is 0. The molecule has 0 unspecified atom stereocenters. The smallest absolute Gasteiger partial charge is 0.478 e. The summed E-state index contributed by atoms with van der Waals surface area (Å²) in [7, 11) is -23.2. The van der Waals surface area contributed by atoms with E-state index in [1.54, 1.807) is 0 Å². The first-order chi connectivity index (χ1) is 15.9. The van der Waals surface area contributed by atoms with Gasteiger partial charge in [0.05, 0.1) is 0 Å². The number of hydrogen-bond donors (Lipinski definition) is 7. The van der Waals surface area contributed by atoms with Crippen LogP contribution >= 0.6 is 0 Å². The van der Waals surface area contributed by atoms with Crippen LogP contribution in [0.3, 0.4) is 0 Å². The molecule has 0 aliphatic carbocycles. The normalized spacial score (nSPS) is 6.24. The summed E-state index contributed by atoms with van der Waals surface area (Å²) < 4.78 is 82.0. The molecule has 0 saturated carbocycles. The molecule has 210 valence electrons. The number of hydrogen-bond acceptors (Lipinski definition) is 28. The van der Waals surface area contributed by atoms with Gasteiger partial charge in [-0.25, -0.2) is 0 Å². The second kappa shape index (κ2) is 55.0. The minimum atomic E-state index is -3.32. The van der Waals surface area contributed by atoms with Crippen molar-refractivity contribution in [3.8, 4) is 0 Å². The zero-order valence-electron chi connectivity index (χ0n) is 16.3. The quantitative estimate of drug-likeness (QED) is 0.0727. The molecule has 0 amide bonds. The van der Waals surface area contributed by atoms with E-state index in [-0.39, 0.29) is 39.1 Å². The summed E-state index contributed by atoms with van der Waals surface area (Å²) in [6, 6.07) is 0. The van der Waals surface area contributed by atoms with E-state index in [1.807, 2.05) is 0 Å². The molecule has 0 heterocycles. The van der Waals surface area contributed by atoms with E-state index in [1.165, 1.54) is 0 Å². The van der Waals surface area contributed by atoms with Gasteiger partial charge in [-0.05, 0) is 0 Å². The second-order valence-electron chi connectivity index (χ2n) is 2.39. The zero-order valence-corrected chi connectivity index (χ0v) is 26.0. The summed E-state index contributed by atoms with van der Waals surface area (Å²) in [6.45, 7) is 0. The molecule has 0 aliphatic rings. The van der Waals surface area contributed by atoms with Crippen molar-refractivity contribution < 1.29 is 155 Å². The van der Waals surface area contributed by atoms with Crippen LogP contribution < -0.4 is 33.6 Å². The predicted octanol–water partition coefficient (Wildman–Crippen LogP) is -12.6. The Balaban J connectivity index is -0.0000000350. The first kappa shape index (κ1) is 60.0. The van der Waals surface area contributed by atoms with Gasteiger partial charge in [-0.15, -0.1) is 0 Å². The van der Waals surface area contributed by atoms with E-state index < -0.39 is 64.2 Å². The first-order valence-electron chi connectivity index (χ1n) is 5.56. The average molecular weight is 726 g/mol. The van der Waals surface area contributed by atoms with Crippen molar-refractivity contribution >= 4 is 81.6 Å². The minimum Gasteiger partial charge on any atom is -0.478 e. The fourth-order valence-corrected chi connectivity index (χ4v) is 0. The molecular formula is H7AlO28Si7Ti. The van der Waals surface area contributed by atoms with Gasteiger partial charge in [-0.2, -0.15) is 0 Å². The maximum Gasteiger partial charge on any atom is 4.00 e. The van der Waals surface area contributed by atoms with Gasteiger partial charge in [0, 0.05) is 0 Å². The van der Waals surface area contributed by atoms with Gasteiger partial charge in [-0.3, -0.25) is 36.8 Å². The van der Waals surface area contributed by atoms with Gasteiger partial charge >= 0.3 is 103 Å². The topological polar surface area (TPSA) is 487 Å². The fourth-order valence-electron chi connectivity index (χ4n) is 0. The van der Waals surface area contributed by atoms with Gasteiger partial charge in [0.1, 0.15) is 0 Å². The van der Waals surface area contributed by atoms with Crippen LogP contribution in [0.4, 0.5) is 0 Å². The summed E-state index contributed by atoms with van der Waals surface area (Å²) in [5.41, 5.74) is 0. The Bertz CT molecular complexity index is 423. The van der Waals surface area contributed by atoms with Crippen molar-refractivity contribution in [2.45, 2.75) is 0 Å². The zero-order chi connectivity index (χ0) is 30.0. The van der Waals surface area contributed by atoms with E-state index >= 15 is 0 Å². The molecule has 0 spiro atoms. The van der Waals surface area contributed by atoms with Crippen molar-refractivity contribution in [2.75, 3.05) is 0 Å². The molecule has 0 aromatic heterocycles. The SMILES string of the molecule is O=[Si]([O-])OO.O=[Si]([O-])OO.O=[Si]([O-])OO.O=[Si]([O-])OO.O=[Si]([O-])OO.O=[Si]([O-])OO.O=[Si]([O-])OO.[Al+3].[Ti+4]. The standard InChI is InChI=1S/Al.7HO4Si.Ti/c;7*1-4-5(2)3;/h;7*1H;/q+3;7*-1;+4. The molecule has 0 aliphatic heterocycles. The van der Waals surface area contributed by atoms with Crippen LogP contribution in [-0.2, 0) is 85.0 Å². The molecule has 0 rings (SSSR count). The van der Waals surface area contributed by atoms with Crippen LogP contribution in [0.2, 0.25) is 0 Å². The van der Waals surface area contributed by atoms with E-state index in [0.717, 1.165) is 0 Å². The summed E-state index contributed by atoms with van der Waals surface area (Å²) in [6.07, 6.45) is 0. The van der Waals surface area contributed by atoms with Crippen LogP contribution in [0.15, 0.2) is 0 Å². The van der Waals surface area contributed by atoms with Crippen molar-refractivity contribution in [2.24, 2.45) is 0 Å². The van der Waals surface area contributed by atoms with Crippen LogP contribution in [-0.4, -0.2) is 118 Å². The third-order valence-electron chi connectivity index (χ3n) is 0.522.